The summed E-state index contributed by atoms with van der Waals surface area (Å²) in [7, 11) is 0. The van der Waals surface area contributed by atoms with Gasteiger partial charge in [0.05, 0.1) is 6.07 Å². The van der Waals surface area contributed by atoms with Gasteiger partial charge in [-0.25, -0.2) is 0 Å². The Morgan fingerprint density at radius 1 is 1.54 bits per heavy atom. The molecule has 0 heterocycles. The van der Waals surface area contributed by atoms with Crippen molar-refractivity contribution < 1.29 is 0 Å². The first-order chi connectivity index (χ1) is 6.14. The number of nitrogens with one attached hydrogen (secondary N) is 1. The Balaban J connectivity index is 2.70. The summed E-state index contributed by atoms with van der Waals surface area (Å²) >= 11 is 0. The number of nitrogens with zero attached hydrogens (tertiary/aromatic N) is 1. The molecule has 0 saturated heterocycles. The topological polar surface area (TPSA) is 35.8 Å². The maximum Gasteiger partial charge on any atom is 0.109 e. The molecule has 2 heteroatoms. The Labute approximate surface area is 81.3 Å². The van der Waals surface area contributed by atoms with Gasteiger partial charge in [0.2, 0.25) is 0 Å². The molecule has 0 radical (unpaired) electrons. The van der Waals surface area contributed by atoms with Crippen LogP contribution in [0.15, 0.2) is 0 Å². The molecule has 1 aliphatic rings. The maximum absolute atomic E-state index is 9.22. The smallest absolute Gasteiger partial charge is 0.109 e. The molecule has 0 aromatic carbocycles. The van der Waals surface area contributed by atoms with Crippen LogP contribution in [-0.2, 0) is 0 Å². The second-order valence-corrected chi connectivity index (χ2v) is 4.39. The molecule has 1 fully saturated rings. The molecule has 74 valence electrons. The van der Waals surface area contributed by atoms with E-state index < -0.39 is 0 Å². The van der Waals surface area contributed by atoms with Gasteiger partial charge in [0.15, 0.2) is 0 Å². The van der Waals surface area contributed by atoms with Crippen LogP contribution in [0.4, 0.5) is 0 Å². The lowest BCUT2D eigenvalue weighted by molar-refractivity contribution is 0.175. The molecule has 0 spiro atoms. The number of hydrogen-bond acceptors (Lipinski definition) is 2. The van der Waals surface area contributed by atoms with E-state index in [1.165, 1.54) is 12.8 Å². The summed E-state index contributed by atoms with van der Waals surface area (Å²) in [5.74, 6) is 1.27. The summed E-state index contributed by atoms with van der Waals surface area (Å²) in [5, 5.41) is 12.6. The summed E-state index contributed by atoms with van der Waals surface area (Å²) in [6.45, 7) is 7.45. The Morgan fingerprint density at radius 2 is 2.23 bits per heavy atom. The van der Waals surface area contributed by atoms with Gasteiger partial charge in [-0.15, -0.1) is 0 Å². The molecule has 0 amide bonds. The Morgan fingerprint density at radius 3 is 2.69 bits per heavy atom. The van der Waals surface area contributed by atoms with E-state index >= 15 is 0 Å². The molecule has 3 atom stereocenters. The van der Waals surface area contributed by atoms with Crippen LogP contribution in [0.25, 0.3) is 0 Å². The Bertz CT molecular complexity index is 207. The van der Waals surface area contributed by atoms with Crippen molar-refractivity contribution in [3.05, 3.63) is 0 Å². The molecule has 1 rings (SSSR count). The summed E-state index contributed by atoms with van der Waals surface area (Å²) in [4.78, 5) is 0. The molecular weight excluding hydrogens is 160 g/mol. The van der Waals surface area contributed by atoms with Crippen LogP contribution >= 0.6 is 0 Å². The second-order valence-electron chi connectivity index (χ2n) is 4.39. The van der Waals surface area contributed by atoms with E-state index in [1.807, 2.05) is 0 Å². The normalized spacial score (nSPS) is 39.8. The largest absolute Gasteiger partial charge is 0.299 e. The molecule has 1 saturated carbocycles. The molecular formula is C11H20N2. The lowest BCUT2D eigenvalue weighted by Crippen LogP contribution is -2.52. The molecule has 3 unspecified atom stereocenters. The van der Waals surface area contributed by atoms with E-state index in [9.17, 15) is 5.26 Å². The third-order valence-corrected chi connectivity index (χ3v) is 3.32. The fourth-order valence-electron chi connectivity index (χ4n) is 2.43. The number of hydrogen-bond donors (Lipinski definition) is 1. The van der Waals surface area contributed by atoms with Gasteiger partial charge in [0, 0.05) is 0 Å². The lowest BCUT2D eigenvalue weighted by atomic mass is 9.71. The van der Waals surface area contributed by atoms with E-state index in [2.05, 4.69) is 32.2 Å². The molecule has 2 nitrogen and oxygen atoms in total. The van der Waals surface area contributed by atoms with Crippen molar-refractivity contribution in [2.75, 3.05) is 6.54 Å². The molecule has 0 aliphatic heterocycles. The van der Waals surface area contributed by atoms with Crippen LogP contribution in [0, 0.1) is 23.2 Å². The Hall–Kier alpha value is -0.550. The van der Waals surface area contributed by atoms with Gasteiger partial charge >= 0.3 is 0 Å². The first-order valence-electron chi connectivity index (χ1n) is 5.31. The predicted molar refractivity (Wildman–Crippen MR) is 54.2 cm³/mol. The SMILES string of the molecule is CCNC1(C#N)CCC(C)CC1C. The highest BCUT2D eigenvalue weighted by atomic mass is 15.0. The fraction of sp³-hybridized carbons (Fsp3) is 0.909. The first kappa shape index (κ1) is 10.5. The van der Waals surface area contributed by atoms with Crippen molar-refractivity contribution in [2.45, 2.75) is 45.6 Å². The predicted octanol–water partition coefficient (Wildman–Crippen LogP) is 2.31. The Kier molecular flexibility index (Phi) is 3.33. The van der Waals surface area contributed by atoms with Gasteiger partial charge in [0.25, 0.3) is 0 Å². The van der Waals surface area contributed by atoms with Crippen LogP contribution in [0.3, 0.4) is 0 Å². The third kappa shape index (κ3) is 2.03. The van der Waals surface area contributed by atoms with E-state index in [0.717, 1.165) is 18.9 Å². The van der Waals surface area contributed by atoms with Gasteiger partial charge < -0.3 is 0 Å². The minimum Gasteiger partial charge on any atom is -0.299 e. The van der Waals surface area contributed by atoms with Crippen molar-refractivity contribution in [3.8, 4) is 6.07 Å². The highest BCUT2D eigenvalue weighted by Gasteiger charge is 2.39. The maximum atomic E-state index is 9.22. The van der Waals surface area contributed by atoms with Gasteiger partial charge in [-0.2, -0.15) is 5.26 Å². The zero-order chi connectivity index (χ0) is 9.90. The zero-order valence-corrected chi connectivity index (χ0v) is 8.93. The van der Waals surface area contributed by atoms with E-state index in [-0.39, 0.29) is 5.54 Å². The van der Waals surface area contributed by atoms with Gasteiger partial charge in [-0.05, 0) is 37.6 Å². The molecule has 13 heavy (non-hydrogen) atoms. The van der Waals surface area contributed by atoms with E-state index in [4.69, 9.17) is 0 Å². The highest BCUT2D eigenvalue weighted by molar-refractivity contribution is 5.11. The van der Waals surface area contributed by atoms with Crippen LogP contribution in [0.1, 0.15) is 40.0 Å². The molecule has 0 bridgehead atoms. The average molecular weight is 180 g/mol. The molecule has 0 aromatic heterocycles. The first-order valence-corrected chi connectivity index (χ1v) is 5.31. The minimum atomic E-state index is -0.235. The summed E-state index contributed by atoms with van der Waals surface area (Å²) < 4.78 is 0. The van der Waals surface area contributed by atoms with Gasteiger partial charge in [-0.1, -0.05) is 20.8 Å². The van der Waals surface area contributed by atoms with E-state index in [1.54, 1.807) is 0 Å². The molecule has 1 N–H and O–H groups in total. The summed E-state index contributed by atoms with van der Waals surface area (Å²) in [6, 6.07) is 2.48. The number of rotatable bonds is 2. The van der Waals surface area contributed by atoms with Crippen molar-refractivity contribution >= 4 is 0 Å². The minimum absolute atomic E-state index is 0.235. The summed E-state index contributed by atoms with van der Waals surface area (Å²) in [6.07, 6.45) is 3.38. The van der Waals surface area contributed by atoms with Crippen LogP contribution in [-0.4, -0.2) is 12.1 Å². The van der Waals surface area contributed by atoms with Gasteiger partial charge in [-0.3, -0.25) is 5.32 Å². The van der Waals surface area contributed by atoms with Crippen molar-refractivity contribution in [3.63, 3.8) is 0 Å². The van der Waals surface area contributed by atoms with Gasteiger partial charge in [0.1, 0.15) is 5.54 Å². The van der Waals surface area contributed by atoms with Crippen molar-refractivity contribution in [1.82, 2.24) is 5.32 Å². The summed E-state index contributed by atoms with van der Waals surface area (Å²) in [5.41, 5.74) is -0.235. The third-order valence-electron chi connectivity index (χ3n) is 3.32. The molecule has 0 aromatic rings. The van der Waals surface area contributed by atoms with Crippen LogP contribution in [0.5, 0.6) is 0 Å². The fourth-order valence-corrected chi connectivity index (χ4v) is 2.43. The number of nitriles is 1. The lowest BCUT2D eigenvalue weighted by Gasteiger charge is -2.40. The quantitative estimate of drug-likeness (QED) is 0.708. The van der Waals surface area contributed by atoms with Crippen LogP contribution < -0.4 is 5.32 Å². The highest BCUT2D eigenvalue weighted by Crippen LogP contribution is 2.36. The monoisotopic (exact) mass is 180 g/mol. The second kappa shape index (κ2) is 4.11. The standard InChI is InChI=1S/C11H20N2/c1-4-13-11(8-12)6-5-9(2)7-10(11)3/h9-10,13H,4-7H2,1-3H3. The van der Waals surface area contributed by atoms with Crippen molar-refractivity contribution in [2.24, 2.45) is 11.8 Å². The van der Waals surface area contributed by atoms with Crippen molar-refractivity contribution in [1.29, 1.82) is 5.26 Å². The molecule has 1 aliphatic carbocycles. The van der Waals surface area contributed by atoms with E-state index in [0.29, 0.717) is 5.92 Å². The zero-order valence-electron chi connectivity index (χ0n) is 8.93. The average Bonchev–Trinajstić information content (AvgIpc) is 2.11. The van der Waals surface area contributed by atoms with Crippen LogP contribution in [0.2, 0.25) is 0 Å².